The van der Waals surface area contributed by atoms with Crippen molar-refractivity contribution in [3.05, 3.63) is 69.9 Å². The molecule has 0 unspecified atom stereocenters. The lowest BCUT2D eigenvalue weighted by Gasteiger charge is -2.07. The van der Waals surface area contributed by atoms with Crippen LogP contribution >= 0.6 is 0 Å². The minimum atomic E-state index is -0.0369. The fourth-order valence-corrected chi connectivity index (χ4v) is 2.80. The molecule has 2 aromatic carbocycles. The Kier molecular flexibility index (Phi) is 5.65. The van der Waals surface area contributed by atoms with E-state index in [4.69, 9.17) is 4.74 Å². The van der Waals surface area contributed by atoms with Gasteiger partial charge in [0.2, 0.25) is 0 Å². The van der Waals surface area contributed by atoms with E-state index in [1.807, 2.05) is 49.4 Å². The molecular formula is C20H21ClN2O2. The van der Waals surface area contributed by atoms with Crippen LogP contribution in [0, 0.1) is 6.92 Å². The molecule has 130 valence electrons. The summed E-state index contributed by atoms with van der Waals surface area (Å²) >= 11 is 0. The molecular weight excluding hydrogens is 336 g/mol. The summed E-state index contributed by atoms with van der Waals surface area (Å²) < 4.78 is 8.68. The van der Waals surface area contributed by atoms with Crippen LogP contribution in [0.1, 0.15) is 17.0 Å². The van der Waals surface area contributed by atoms with Gasteiger partial charge in [-0.05, 0) is 41.5 Å². The van der Waals surface area contributed by atoms with Crippen LogP contribution in [0.4, 0.5) is 0 Å². The van der Waals surface area contributed by atoms with Gasteiger partial charge in [0.25, 0.3) is 0 Å². The summed E-state index contributed by atoms with van der Waals surface area (Å²) in [5.41, 5.74) is 2.81. The number of methoxy groups -OCH3 is 1. The fraction of sp³-hybridized carbons (Fsp3) is 0.200. The summed E-state index contributed by atoms with van der Waals surface area (Å²) in [6.45, 7) is 1.93. The van der Waals surface area contributed by atoms with Gasteiger partial charge < -0.3 is 17.1 Å². The molecule has 5 heteroatoms. The number of hydrogen-bond acceptors (Lipinski definition) is 2. The van der Waals surface area contributed by atoms with Gasteiger partial charge in [-0.15, -0.1) is 0 Å². The van der Waals surface area contributed by atoms with Crippen molar-refractivity contribution in [1.82, 2.24) is 4.57 Å². The Morgan fingerprint density at radius 2 is 1.84 bits per heavy atom. The Bertz CT molecular complexity index is 1010. The second kappa shape index (κ2) is 7.53. The lowest BCUT2D eigenvalue weighted by molar-refractivity contribution is -0.696. The Morgan fingerprint density at radius 3 is 2.56 bits per heavy atom. The molecule has 3 rings (SSSR count). The van der Waals surface area contributed by atoms with Crippen molar-refractivity contribution in [3.63, 3.8) is 0 Å². The van der Waals surface area contributed by atoms with E-state index in [1.165, 1.54) is 0 Å². The van der Waals surface area contributed by atoms with Crippen molar-refractivity contribution in [2.75, 3.05) is 7.11 Å². The first-order valence-electron chi connectivity index (χ1n) is 7.83. The van der Waals surface area contributed by atoms with Gasteiger partial charge >= 0.3 is 5.69 Å². The number of benzene rings is 2. The molecule has 0 radical (unpaired) electrons. The first-order chi connectivity index (χ1) is 11.5. The highest BCUT2D eigenvalue weighted by molar-refractivity contribution is 5.93. The van der Waals surface area contributed by atoms with Gasteiger partial charge in [-0.1, -0.05) is 30.3 Å². The third-order valence-electron chi connectivity index (χ3n) is 4.38. The van der Waals surface area contributed by atoms with Crippen LogP contribution in [0.25, 0.3) is 22.9 Å². The Morgan fingerprint density at radius 1 is 1.12 bits per heavy atom. The Hall–Kier alpha value is -2.59. The number of nitrogens with zero attached hydrogens (tertiary/aromatic N) is 2. The molecule has 0 saturated carbocycles. The number of rotatable bonds is 3. The normalized spacial score (nSPS) is 10.9. The standard InChI is InChI=1S/C20H21N2O2.ClH/c1-14-11-17(22(3)20(23)21(14)2)10-9-16-13-18(24-4)12-15-7-5-6-8-19(15)16;/h5-13H,1-4H3;1H/q+1;/p-1/b10-9+;. The SMILES string of the molecule is COc1cc(/C=C/c2cc(C)[n+](C)c(=O)n2C)c2ccccc2c1.[Cl-]. The lowest BCUT2D eigenvalue weighted by atomic mass is 10.0. The summed E-state index contributed by atoms with van der Waals surface area (Å²) in [5, 5.41) is 2.28. The van der Waals surface area contributed by atoms with Crippen LogP contribution in [0.5, 0.6) is 5.75 Å². The minimum Gasteiger partial charge on any atom is -1.00 e. The third kappa shape index (κ3) is 3.59. The van der Waals surface area contributed by atoms with Gasteiger partial charge in [-0.3, -0.25) is 0 Å². The lowest BCUT2D eigenvalue weighted by Crippen LogP contribution is -3.00. The number of halogens is 1. The zero-order chi connectivity index (χ0) is 17.3. The van der Waals surface area contributed by atoms with Crippen molar-refractivity contribution in [2.24, 2.45) is 14.1 Å². The first-order valence-corrected chi connectivity index (χ1v) is 7.83. The predicted octanol–water partition coefficient (Wildman–Crippen LogP) is -0.146. The van der Waals surface area contributed by atoms with Crippen molar-refractivity contribution in [2.45, 2.75) is 6.92 Å². The Balaban J connectivity index is 0.00000225. The maximum Gasteiger partial charge on any atom is 0.498 e. The van der Waals surface area contributed by atoms with E-state index in [0.717, 1.165) is 33.5 Å². The molecule has 4 nitrogen and oxygen atoms in total. The van der Waals surface area contributed by atoms with Gasteiger partial charge in [-0.25, -0.2) is 0 Å². The van der Waals surface area contributed by atoms with E-state index in [1.54, 1.807) is 30.3 Å². The monoisotopic (exact) mass is 356 g/mol. The summed E-state index contributed by atoms with van der Waals surface area (Å²) in [6.07, 6.45) is 3.99. The topological polar surface area (TPSA) is 35.1 Å². The molecule has 1 heterocycles. The average molecular weight is 357 g/mol. The van der Waals surface area contributed by atoms with Gasteiger partial charge in [-0.2, -0.15) is 13.9 Å². The van der Waals surface area contributed by atoms with E-state index in [2.05, 4.69) is 12.1 Å². The van der Waals surface area contributed by atoms with E-state index >= 15 is 0 Å². The van der Waals surface area contributed by atoms with Gasteiger partial charge in [0.1, 0.15) is 17.1 Å². The summed E-state index contributed by atoms with van der Waals surface area (Å²) in [6, 6.07) is 14.2. The number of ether oxygens (including phenoxy) is 1. The van der Waals surface area contributed by atoms with E-state index < -0.39 is 0 Å². The molecule has 0 amide bonds. The summed E-state index contributed by atoms with van der Waals surface area (Å²) in [5.74, 6) is 0.817. The molecule has 0 aliphatic heterocycles. The van der Waals surface area contributed by atoms with Crippen LogP contribution < -0.4 is 27.4 Å². The van der Waals surface area contributed by atoms with Crippen molar-refractivity contribution < 1.29 is 21.7 Å². The largest absolute Gasteiger partial charge is 1.00 e. The van der Waals surface area contributed by atoms with Crippen molar-refractivity contribution in [1.29, 1.82) is 0 Å². The zero-order valence-electron chi connectivity index (χ0n) is 14.8. The first kappa shape index (κ1) is 18.7. The molecule has 0 aliphatic rings. The maximum atomic E-state index is 12.2. The molecule has 0 atom stereocenters. The minimum absolute atomic E-state index is 0. The maximum absolute atomic E-state index is 12.2. The van der Waals surface area contributed by atoms with Crippen LogP contribution in [-0.2, 0) is 14.1 Å². The van der Waals surface area contributed by atoms with E-state index in [9.17, 15) is 4.79 Å². The number of hydrogen-bond donors (Lipinski definition) is 0. The molecule has 0 N–H and O–H groups in total. The molecule has 0 saturated heterocycles. The number of aryl methyl sites for hydroxylation is 1. The molecule has 1 aromatic heterocycles. The molecule has 3 aromatic rings. The van der Waals surface area contributed by atoms with Crippen LogP contribution in [0.2, 0.25) is 0 Å². The average Bonchev–Trinajstić information content (AvgIpc) is 2.61. The molecule has 0 spiro atoms. The van der Waals surface area contributed by atoms with Gasteiger partial charge in [0.05, 0.1) is 21.2 Å². The van der Waals surface area contributed by atoms with E-state index in [0.29, 0.717) is 0 Å². The van der Waals surface area contributed by atoms with Crippen LogP contribution in [0.15, 0.2) is 47.3 Å². The van der Waals surface area contributed by atoms with Crippen molar-refractivity contribution >= 4 is 22.9 Å². The van der Waals surface area contributed by atoms with Gasteiger partial charge in [0, 0.05) is 6.07 Å². The molecule has 25 heavy (non-hydrogen) atoms. The van der Waals surface area contributed by atoms with E-state index in [-0.39, 0.29) is 18.1 Å². The van der Waals surface area contributed by atoms with Crippen LogP contribution in [-0.4, -0.2) is 11.7 Å². The predicted molar refractivity (Wildman–Crippen MR) is 97.0 cm³/mol. The molecule has 0 bridgehead atoms. The highest BCUT2D eigenvalue weighted by Gasteiger charge is 2.11. The quantitative estimate of drug-likeness (QED) is 0.612. The smallest absolute Gasteiger partial charge is 0.498 e. The molecule has 0 aliphatic carbocycles. The third-order valence-corrected chi connectivity index (χ3v) is 4.38. The second-order valence-electron chi connectivity index (χ2n) is 5.88. The van der Waals surface area contributed by atoms with Gasteiger partial charge in [0.15, 0.2) is 0 Å². The summed E-state index contributed by atoms with van der Waals surface area (Å²) in [4.78, 5) is 12.2. The number of aromatic nitrogens is 2. The highest BCUT2D eigenvalue weighted by Crippen LogP contribution is 2.26. The fourth-order valence-electron chi connectivity index (χ4n) is 2.80. The highest BCUT2D eigenvalue weighted by atomic mass is 35.5. The second-order valence-corrected chi connectivity index (χ2v) is 5.88. The zero-order valence-corrected chi connectivity index (χ0v) is 15.5. The van der Waals surface area contributed by atoms with Crippen LogP contribution in [0.3, 0.4) is 0 Å². The Labute approximate surface area is 153 Å². The number of fused-ring (bicyclic) bond motifs is 1. The molecule has 0 fully saturated rings. The summed E-state index contributed by atoms with van der Waals surface area (Å²) in [7, 11) is 5.23. The van der Waals surface area contributed by atoms with Crippen molar-refractivity contribution in [3.8, 4) is 5.75 Å².